The highest BCUT2D eigenvalue weighted by Gasteiger charge is 2.24. The number of halogens is 2. The van der Waals surface area contributed by atoms with Gasteiger partial charge >= 0.3 is 6.09 Å². The molecule has 9 heteroatoms. The molecule has 2 heterocycles. The molecule has 1 aliphatic heterocycles. The van der Waals surface area contributed by atoms with Crippen molar-refractivity contribution in [3.63, 3.8) is 0 Å². The highest BCUT2D eigenvalue weighted by atomic mass is 35.5. The third-order valence-corrected chi connectivity index (χ3v) is 6.44. The number of carbonyl (C=O) groups is 1. The van der Waals surface area contributed by atoms with Gasteiger partial charge in [0.15, 0.2) is 0 Å². The van der Waals surface area contributed by atoms with Gasteiger partial charge in [0, 0.05) is 35.9 Å². The lowest BCUT2D eigenvalue weighted by Gasteiger charge is -2.32. The number of fused-ring (bicyclic) bond motifs is 1. The number of amides is 1. The van der Waals surface area contributed by atoms with E-state index in [0.29, 0.717) is 24.6 Å². The fourth-order valence-corrected chi connectivity index (χ4v) is 4.39. The van der Waals surface area contributed by atoms with Crippen LogP contribution >= 0.6 is 11.6 Å². The molecule has 0 bridgehead atoms. The lowest BCUT2D eigenvalue weighted by molar-refractivity contribution is 0.0882. The molecule has 184 valence electrons. The van der Waals surface area contributed by atoms with Crippen molar-refractivity contribution in [1.29, 1.82) is 0 Å². The Morgan fingerprint density at radius 3 is 2.58 bits per heavy atom. The second kappa shape index (κ2) is 10.8. The monoisotopic (exact) mass is 505 g/mol. The van der Waals surface area contributed by atoms with Crippen LogP contribution in [0, 0.1) is 5.82 Å². The molecule has 7 nitrogen and oxygen atoms in total. The number of piperidine rings is 1. The number of aromatic nitrogens is 2. The molecule has 0 unspecified atom stereocenters. The maximum absolute atomic E-state index is 13.5. The summed E-state index contributed by atoms with van der Waals surface area (Å²) in [7, 11) is 0. The summed E-state index contributed by atoms with van der Waals surface area (Å²) in [5, 5.41) is 7.63. The van der Waals surface area contributed by atoms with Gasteiger partial charge < -0.3 is 20.3 Å². The summed E-state index contributed by atoms with van der Waals surface area (Å²) in [5.41, 5.74) is 3.31. The third kappa shape index (κ3) is 5.66. The number of benzene rings is 3. The van der Waals surface area contributed by atoms with E-state index in [1.54, 1.807) is 11.0 Å². The van der Waals surface area contributed by atoms with Crippen molar-refractivity contribution in [2.45, 2.75) is 25.5 Å². The van der Waals surface area contributed by atoms with Crippen LogP contribution < -0.4 is 10.6 Å². The van der Waals surface area contributed by atoms with Crippen molar-refractivity contribution in [2.24, 2.45) is 0 Å². The lowest BCUT2D eigenvalue weighted by Crippen LogP contribution is -2.42. The van der Waals surface area contributed by atoms with Gasteiger partial charge in [-0.1, -0.05) is 41.9 Å². The Hall–Kier alpha value is -3.91. The molecule has 0 saturated carbocycles. The normalized spacial score (nSPS) is 14.0. The molecule has 0 spiro atoms. The zero-order chi connectivity index (χ0) is 24.9. The highest BCUT2D eigenvalue weighted by molar-refractivity contribution is 6.31. The SMILES string of the molecule is O=C(OCc1ccccc1)N1CCC(Nc2ccc3ncnc(Nc4ccc(F)c(Cl)c4)c3c2)CC1. The number of nitrogens with zero attached hydrogens (tertiary/aromatic N) is 3. The van der Waals surface area contributed by atoms with Crippen molar-refractivity contribution in [1.82, 2.24) is 14.9 Å². The first kappa shape index (κ1) is 23.8. The molecule has 4 aromatic rings. The van der Waals surface area contributed by atoms with Crippen molar-refractivity contribution >= 4 is 45.8 Å². The molecule has 1 amide bonds. The van der Waals surface area contributed by atoms with E-state index in [9.17, 15) is 9.18 Å². The Morgan fingerprint density at radius 2 is 1.81 bits per heavy atom. The number of hydrogen-bond acceptors (Lipinski definition) is 6. The molecular formula is C27H25ClFN5O2. The highest BCUT2D eigenvalue weighted by Crippen LogP contribution is 2.28. The van der Waals surface area contributed by atoms with Crippen LogP contribution in [-0.4, -0.2) is 40.1 Å². The van der Waals surface area contributed by atoms with E-state index in [1.165, 1.54) is 18.5 Å². The number of hydrogen-bond donors (Lipinski definition) is 2. The minimum absolute atomic E-state index is 0.0380. The van der Waals surface area contributed by atoms with Crippen LogP contribution in [0.4, 0.5) is 26.4 Å². The van der Waals surface area contributed by atoms with Crippen molar-refractivity contribution in [3.05, 3.63) is 89.5 Å². The van der Waals surface area contributed by atoms with Gasteiger partial charge in [-0.25, -0.2) is 19.2 Å². The summed E-state index contributed by atoms with van der Waals surface area (Å²) < 4.78 is 19.0. The third-order valence-electron chi connectivity index (χ3n) is 6.15. The number of rotatable bonds is 6. The quantitative estimate of drug-likeness (QED) is 0.316. The summed E-state index contributed by atoms with van der Waals surface area (Å²) in [4.78, 5) is 22.9. The van der Waals surface area contributed by atoms with Gasteiger partial charge in [0.05, 0.1) is 10.5 Å². The minimum Gasteiger partial charge on any atom is -0.445 e. The molecule has 1 aromatic heterocycles. The van der Waals surface area contributed by atoms with Crippen molar-refractivity contribution in [2.75, 3.05) is 23.7 Å². The molecule has 0 radical (unpaired) electrons. The van der Waals surface area contributed by atoms with Crippen LogP contribution in [0.15, 0.2) is 73.1 Å². The molecule has 1 fully saturated rings. The molecule has 5 rings (SSSR count). The van der Waals surface area contributed by atoms with E-state index in [-0.39, 0.29) is 23.8 Å². The standard InChI is InChI=1S/C27H25ClFN5O2/c28-23-15-21(6-8-24(23)29)33-26-22-14-20(7-9-25(22)30-17-31-26)32-19-10-12-34(13-11-19)27(35)36-16-18-4-2-1-3-5-18/h1-9,14-15,17,19,32H,10-13,16H2,(H,30,31,33). The second-order valence-electron chi connectivity index (χ2n) is 8.65. The van der Waals surface area contributed by atoms with E-state index < -0.39 is 5.82 Å². The number of carbonyl (C=O) groups excluding carboxylic acids is 1. The molecular weight excluding hydrogens is 481 g/mol. The molecule has 0 aliphatic carbocycles. The second-order valence-corrected chi connectivity index (χ2v) is 9.06. The van der Waals surface area contributed by atoms with Gasteiger partial charge in [0.2, 0.25) is 0 Å². The van der Waals surface area contributed by atoms with E-state index in [4.69, 9.17) is 16.3 Å². The average molecular weight is 506 g/mol. The first-order chi connectivity index (χ1) is 17.5. The smallest absolute Gasteiger partial charge is 0.410 e. The molecule has 3 aromatic carbocycles. The minimum atomic E-state index is -0.475. The first-order valence-electron chi connectivity index (χ1n) is 11.7. The van der Waals surface area contributed by atoms with E-state index >= 15 is 0 Å². The number of likely N-dealkylation sites (tertiary alicyclic amines) is 1. The Labute approximate surface area is 213 Å². The zero-order valence-corrected chi connectivity index (χ0v) is 20.2. The van der Waals surface area contributed by atoms with E-state index in [1.807, 2.05) is 48.5 Å². The molecule has 2 N–H and O–H groups in total. The zero-order valence-electron chi connectivity index (χ0n) is 19.5. The Kier molecular flexibility index (Phi) is 7.13. The summed E-state index contributed by atoms with van der Waals surface area (Å²) in [6.07, 6.45) is 2.82. The van der Waals surface area contributed by atoms with E-state index in [2.05, 4.69) is 20.6 Å². The maximum atomic E-state index is 13.5. The van der Waals surface area contributed by atoms with Gasteiger partial charge in [-0.2, -0.15) is 0 Å². The maximum Gasteiger partial charge on any atom is 0.410 e. The average Bonchev–Trinajstić information content (AvgIpc) is 2.91. The summed E-state index contributed by atoms with van der Waals surface area (Å²) >= 11 is 5.92. The predicted molar refractivity (Wildman–Crippen MR) is 139 cm³/mol. The van der Waals surface area contributed by atoms with Crippen molar-refractivity contribution in [3.8, 4) is 0 Å². The van der Waals surface area contributed by atoms with Gasteiger partial charge in [0.25, 0.3) is 0 Å². The van der Waals surface area contributed by atoms with E-state index in [0.717, 1.165) is 35.0 Å². The summed E-state index contributed by atoms with van der Waals surface area (Å²) in [5.74, 6) is 0.124. The number of anilines is 3. The van der Waals surface area contributed by atoms with Crippen LogP contribution in [-0.2, 0) is 11.3 Å². The van der Waals surface area contributed by atoms with Gasteiger partial charge in [-0.05, 0) is 54.8 Å². The Morgan fingerprint density at radius 1 is 1.03 bits per heavy atom. The topological polar surface area (TPSA) is 79.4 Å². The Bertz CT molecular complexity index is 1360. The Balaban J connectivity index is 1.20. The number of nitrogens with one attached hydrogen (secondary N) is 2. The van der Waals surface area contributed by atoms with Crippen molar-refractivity contribution < 1.29 is 13.9 Å². The van der Waals surface area contributed by atoms with Gasteiger partial charge in [-0.3, -0.25) is 0 Å². The van der Waals surface area contributed by atoms with Crippen LogP contribution in [0.3, 0.4) is 0 Å². The van der Waals surface area contributed by atoms with Gasteiger partial charge in [0.1, 0.15) is 24.6 Å². The van der Waals surface area contributed by atoms with Gasteiger partial charge in [-0.15, -0.1) is 0 Å². The summed E-state index contributed by atoms with van der Waals surface area (Å²) in [6, 6.07) is 20.2. The lowest BCUT2D eigenvalue weighted by atomic mass is 10.0. The number of ether oxygens (including phenoxy) is 1. The van der Waals surface area contributed by atoms with Crippen LogP contribution in [0.2, 0.25) is 5.02 Å². The molecule has 1 saturated heterocycles. The molecule has 1 aliphatic rings. The first-order valence-corrected chi connectivity index (χ1v) is 12.1. The fourth-order valence-electron chi connectivity index (χ4n) is 4.21. The molecule has 0 atom stereocenters. The van der Waals surface area contributed by atoms with Crippen LogP contribution in [0.5, 0.6) is 0 Å². The summed E-state index contributed by atoms with van der Waals surface area (Å²) in [6.45, 7) is 1.53. The van der Waals surface area contributed by atoms with Crippen LogP contribution in [0.25, 0.3) is 10.9 Å². The predicted octanol–water partition coefficient (Wildman–Crippen LogP) is 6.38. The largest absolute Gasteiger partial charge is 0.445 e. The van der Waals surface area contributed by atoms with Crippen LogP contribution in [0.1, 0.15) is 18.4 Å². The molecule has 36 heavy (non-hydrogen) atoms. The fraction of sp³-hybridized carbons (Fsp3) is 0.222.